The Morgan fingerprint density at radius 1 is 0.404 bits per heavy atom. The molecule has 0 saturated carbocycles. The summed E-state index contributed by atoms with van der Waals surface area (Å²) >= 11 is 0. The van der Waals surface area contributed by atoms with Crippen LogP contribution in [0, 0.1) is 0 Å². The van der Waals surface area contributed by atoms with Crippen molar-refractivity contribution >= 4 is 65.0 Å². The van der Waals surface area contributed by atoms with Gasteiger partial charge in [-0.25, -0.2) is 0 Å². The van der Waals surface area contributed by atoms with E-state index in [0.29, 0.717) is 43.8 Å². The molecule has 1 nitrogen and oxygen atoms in total. The van der Waals surface area contributed by atoms with Crippen LogP contribution < -0.4 is 0 Å². The minimum atomic E-state index is -0.531. The van der Waals surface area contributed by atoms with E-state index in [0.717, 1.165) is 21.9 Å². The quantitative estimate of drug-likeness (QED) is 0.182. The second-order valence-electron chi connectivity index (χ2n) is 11.5. The normalized spacial score (nSPS) is 15.4. The van der Waals surface area contributed by atoms with Crippen molar-refractivity contribution in [3.8, 4) is 33.4 Å². The average molecular weight is 609 g/mol. The Balaban J connectivity index is 1.33. The van der Waals surface area contributed by atoms with Gasteiger partial charge in [0.05, 0.1) is 16.4 Å². The summed E-state index contributed by atoms with van der Waals surface area (Å²) in [5.74, 6) is 0. The van der Waals surface area contributed by atoms with Crippen LogP contribution in [0.4, 0.5) is 0 Å². The maximum absolute atomic E-state index is 9.67. The molecule has 1 aromatic heterocycles. The Hall–Kier alpha value is -6.18. The number of hydrogen-bond acceptors (Lipinski definition) is 1. The lowest BCUT2D eigenvalue weighted by molar-refractivity contribution is 0.673. The summed E-state index contributed by atoms with van der Waals surface area (Å²) in [5, 5.41) is 3.82. The lowest BCUT2D eigenvalue weighted by atomic mass is 9.85. The monoisotopic (exact) mass is 608 g/mol. The Labute approximate surface area is 288 Å². The number of fused-ring (bicyclic) bond motifs is 8. The van der Waals surface area contributed by atoms with Gasteiger partial charge in [-0.15, -0.1) is 0 Å². The first-order valence-electron chi connectivity index (χ1n) is 21.2. The van der Waals surface area contributed by atoms with Crippen molar-refractivity contribution in [1.29, 1.82) is 0 Å². The molecule has 47 heavy (non-hydrogen) atoms. The van der Waals surface area contributed by atoms with Crippen LogP contribution in [0.2, 0.25) is 0 Å². The minimum Gasteiger partial charge on any atom is -0.455 e. The van der Waals surface area contributed by atoms with E-state index >= 15 is 0 Å². The van der Waals surface area contributed by atoms with Gasteiger partial charge in [-0.3, -0.25) is 0 Å². The Morgan fingerprint density at radius 2 is 1.02 bits per heavy atom. The van der Waals surface area contributed by atoms with Crippen LogP contribution in [-0.2, 0) is 0 Å². The molecule has 0 bridgehead atoms. The fourth-order valence-corrected chi connectivity index (χ4v) is 6.85. The van der Waals surface area contributed by atoms with E-state index in [9.17, 15) is 4.11 Å². The minimum absolute atomic E-state index is 0.0520. The van der Waals surface area contributed by atoms with Crippen LogP contribution in [0.15, 0.2) is 174 Å². The van der Waals surface area contributed by atoms with Gasteiger partial charge in [-0.2, -0.15) is 0 Å². The van der Waals surface area contributed by atoms with Gasteiger partial charge in [0.15, 0.2) is 0 Å². The van der Waals surface area contributed by atoms with Crippen LogP contribution in [0.1, 0.15) is 16.4 Å². The van der Waals surface area contributed by atoms with E-state index < -0.39 is 42.3 Å². The molecule has 10 rings (SSSR count). The third-order valence-corrected chi connectivity index (χ3v) is 8.89. The fraction of sp³-hybridized carbons (Fsp3) is 0. The van der Waals surface area contributed by atoms with E-state index in [1.807, 2.05) is 91.0 Å². The molecule has 0 fully saturated rings. The van der Waals surface area contributed by atoms with Crippen LogP contribution in [0.3, 0.4) is 0 Å². The van der Waals surface area contributed by atoms with E-state index in [1.54, 1.807) is 6.07 Å². The predicted molar refractivity (Wildman–Crippen MR) is 200 cm³/mol. The molecule has 1 heteroatoms. The molecule has 0 aliphatic rings. The molecule has 0 atom stereocenters. The lowest BCUT2D eigenvalue weighted by Crippen LogP contribution is -1.91. The average Bonchev–Trinajstić information content (AvgIpc) is 3.63. The molecule has 0 aliphatic carbocycles. The fourth-order valence-electron chi connectivity index (χ4n) is 6.85. The van der Waals surface area contributed by atoms with Crippen molar-refractivity contribution < 1.29 is 20.9 Å². The molecular formula is C46H28O. The Bertz CT molecular complexity index is 3460. The Morgan fingerprint density at radius 3 is 1.74 bits per heavy atom. The molecule has 0 saturated heterocycles. The molecule has 0 amide bonds. The zero-order valence-corrected chi connectivity index (χ0v) is 24.6. The first-order chi connectivity index (χ1) is 28.3. The van der Waals surface area contributed by atoms with Crippen molar-refractivity contribution in [2.45, 2.75) is 0 Å². The SMILES string of the molecule is [2H]c1c([2H])c([2H])c2c([2H])c(-c3c4ccccc4c(-c4ccc5oc6c7c([2H])c([2H])c([2H])c([2H])c7c(-c7ccccc7)c([2H])c6c5c4)c4ccccc34)c([2H])c([2H])c2c1[2H]. The van der Waals surface area contributed by atoms with E-state index in [-0.39, 0.29) is 62.9 Å². The summed E-state index contributed by atoms with van der Waals surface area (Å²) in [4.78, 5) is 0. The highest BCUT2D eigenvalue weighted by atomic mass is 16.3. The van der Waals surface area contributed by atoms with Gasteiger partial charge in [0.25, 0.3) is 0 Å². The molecule has 0 aliphatic heterocycles. The molecule has 0 spiro atoms. The summed E-state index contributed by atoms with van der Waals surface area (Å²) in [6, 6.07) is 25.4. The molecule has 0 unspecified atom stereocenters. The molecule has 1 heterocycles. The smallest absolute Gasteiger partial charge is 0.143 e. The largest absolute Gasteiger partial charge is 0.455 e. The summed E-state index contributed by atoms with van der Waals surface area (Å²) < 4.78 is 113. The van der Waals surface area contributed by atoms with Crippen LogP contribution in [0.5, 0.6) is 0 Å². The standard InChI is InChI=1S/C46H28O/c1-2-13-30(14-3-1)40-28-42-41-27-33(24-25-43(41)47-46(42)39-21-11-6-16-34(39)40)45-37-19-9-7-17-35(37)44(36-18-8-10-20-38(36)45)32-23-22-29-12-4-5-15-31(29)26-32/h1-28H/i4D,5D,6D,11D,12D,15D,16D,21D,22D,23D,26D,28D. The first kappa shape index (κ1) is 16.9. The van der Waals surface area contributed by atoms with Gasteiger partial charge in [-0.1, -0.05) is 145 Å². The Kier molecular flexibility index (Phi) is 3.66. The maximum atomic E-state index is 9.67. The predicted octanol–water partition coefficient (Wildman–Crippen LogP) is 13.2. The van der Waals surface area contributed by atoms with Crippen LogP contribution >= 0.6 is 0 Å². The number of hydrogen-bond donors (Lipinski definition) is 0. The summed E-state index contributed by atoms with van der Waals surface area (Å²) in [5.41, 5.74) is 3.67. The highest BCUT2D eigenvalue weighted by Gasteiger charge is 2.19. The van der Waals surface area contributed by atoms with Crippen molar-refractivity contribution in [1.82, 2.24) is 0 Å². The molecular weight excluding hydrogens is 569 g/mol. The molecule has 10 aromatic rings. The van der Waals surface area contributed by atoms with E-state index in [4.69, 9.17) is 16.8 Å². The van der Waals surface area contributed by atoms with Gasteiger partial charge in [0.1, 0.15) is 11.2 Å². The maximum Gasteiger partial charge on any atom is 0.143 e. The van der Waals surface area contributed by atoms with Crippen molar-refractivity contribution in [3.63, 3.8) is 0 Å². The third-order valence-electron chi connectivity index (χ3n) is 8.89. The summed E-state index contributed by atoms with van der Waals surface area (Å²) in [6.07, 6.45) is 0. The zero-order valence-electron chi connectivity index (χ0n) is 36.6. The second-order valence-corrected chi connectivity index (χ2v) is 11.5. The third kappa shape index (κ3) is 3.97. The molecule has 0 radical (unpaired) electrons. The highest BCUT2D eigenvalue weighted by Crippen LogP contribution is 2.46. The van der Waals surface area contributed by atoms with Gasteiger partial charge in [0.2, 0.25) is 0 Å². The van der Waals surface area contributed by atoms with Gasteiger partial charge >= 0.3 is 0 Å². The van der Waals surface area contributed by atoms with E-state index in [1.165, 1.54) is 0 Å². The highest BCUT2D eigenvalue weighted by molar-refractivity contribution is 6.24. The number of benzene rings is 9. The van der Waals surface area contributed by atoms with Gasteiger partial charge < -0.3 is 4.42 Å². The van der Waals surface area contributed by atoms with Gasteiger partial charge in [0, 0.05) is 16.2 Å². The molecule has 0 N–H and O–H groups in total. The van der Waals surface area contributed by atoms with Crippen molar-refractivity contribution in [2.75, 3.05) is 0 Å². The van der Waals surface area contributed by atoms with Crippen LogP contribution in [0.25, 0.3) is 98.4 Å². The zero-order chi connectivity index (χ0) is 41.3. The first-order valence-corrected chi connectivity index (χ1v) is 15.2. The van der Waals surface area contributed by atoms with E-state index in [2.05, 4.69) is 0 Å². The van der Waals surface area contributed by atoms with Crippen molar-refractivity contribution in [3.05, 3.63) is 170 Å². The van der Waals surface area contributed by atoms with Crippen LogP contribution in [-0.4, -0.2) is 0 Å². The summed E-state index contributed by atoms with van der Waals surface area (Å²) in [7, 11) is 0. The molecule has 218 valence electrons. The number of furan rings is 1. The topological polar surface area (TPSA) is 13.1 Å². The lowest BCUT2D eigenvalue weighted by Gasteiger charge is -2.18. The summed E-state index contributed by atoms with van der Waals surface area (Å²) in [6.45, 7) is 0. The van der Waals surface area contributed by atoms with Gasteiger partial charge in [-0.05, 0) is 95.3 Å². The second kappa shape index (κ2) is 10.2. The number of rotatable bonds is 3. The molecule has 9 aromatic carbocycles. The van der Waals surface area contributed by atoms with Crippen molar-refractivity contribution in [2.24, 2.45) is 0 Å².